The fourth-order valence-corrected chi connectivity index (χ4v) is 5.53. The van der Waals surface area contributed by atoms with Gasteiger partial charge in [0.25, 0.3) is 0 Å². The lowest BCUT2D eigenvalue weighted by Gasteiger charge is -2.23. The van der Waals surface area contributed by atoms with Gasteiger partial charge in [-0.3, -0.25) is 9.59 Å². The summed E-state index contributed by atoms with van der Waals surface area (Å²) in [5, 5.41) is 5.42. The minimum absolute atomic E-state index is 0.0579. The summed E-state index contributed by atoms with van der Waals surface area (Å²) < 4.78 is 2.30. The number of likely N-dealkylation sites (tertiary alicyclic amines) is 2. The van der Waals surface area contributed by atoms with E-state index in [1.54, 1.807) is 0 Å². The lowest BCUT2D eigenvalue weighted by atomic mass is 10.1. The SMILES string of the molecule is CCn1c2ccccc2c2cc(NC(=O)C3CC(=O)N(CCC4CCCN4C)C3)ccc21. The molecule has 3 aromatic rings. The summed E-state index contributed by atoms with van der Waals surface area (Å²) in [4.78, 5) is 29.8. The fraction of sp³-hybridized carbons (Fsp3) is 0.462. The molecule has 5 rings (SSSR count). The summed E-state index contributed by atoms with van der Waals surface area (Å²) in [5.41, 5.74) is 3.17. The molecule has 2 aromatic carbocycles. The lowest BCUT2D eigenvalue weighted by molar-refractivity contribution is -0.128. The number of amides is 2. The van der Waals surface area contributed by atoms with E-state index in [1.807, 2.05) is 11.0 Å². The molecule has 32 heavy (non-hydrogen) atoms. The molecule has 0 bridgehead atoms. The first-order chi connectivity index (χ1) is 15.5. The third-order valence-electron chi connectivity index (χ3n) is 7.35. The van der Waals surface area contributed by atoms with Gasteiger partial charge >= 0.3 is 0 Å². The number of carbonyl (C=O) groups excluding carboxylic acids is 2. The standard InChI is InChI=1S/C26H32N4O2/c1-3-30-23-9-5-4-8-21(23)22-16-19(10-11-24(22)30)27-26(32)18-15-25(31)29(17-18)14-12-20-7-6-13-28(20)2/h4-5,8-11,16,18,20H,3,6-7,12-15,17H2,1-2H3,(H,27,32). The minimum Gasteiger partial charge on any atom is -0.342 e. The van der Waals surface area contributed by atoms with Crippen LogP contribution in [0.25, 0.3) is 21.8 Å². The first-order valence-corrected chi connectivity index (χ1v) is 11.8. The Hall–Kier alpha value is -2.86. The van der Waals surface area contributed by atoms with Crippen LogP contribution in [0.1, 0.15) is 32.6 Å². The number of aryl methyl sites for hydroxylation is 1. The van der Waals surface area contributed by atoms with Crippen molar-refractivity contribution in [3.8, 4) is 0 Å². The van der Waals surface area contributed by atoms with Gasteiger partial charge in [0.1, 0.15) is 0 Å². The van der Waals surface area contributed by atoms with Crippen molar-refractivity contribution in [3.05, 3.63) is 42.5 Å². The van der Waals surface area contributed by atoms with Gasteiger partial charge in [-0.15, -0.1) is 0 Å². The van der Waals surface area contributed by atoms with E-state index >= 15 is 0 Å². The molecular formula is C26H32N4O2. The Kier molecular flexibility index (Phi) is 5.64. The van der Waals surface area contributed by atoms with Crippen LogP contribution in [0, 0.1) is 5.92 Å². The van der Waals surface area contributed by atoms with Gasteiger partial charge in [0.2, 0.25) is 11.8 Å². The number of hydrogen-bond donors (Lipinski definition) is 1. The van der Waals surface area contributed by atoms with Crippen molar-refractivity contribution in [2.75, 3.05) is 32.0 Å². The van der Waals surface area contributed by atoms with Gasteiger partial charge in [-0.05, 0) is 64.0 Å². The molecule has 2 aliphatic rings. The quantitative estimate of drug-likeness (QED) is 0.638. The monoisotopic (exact) mass is 432 g/mol. The van der Waals surface area contributed by atoms with Crippen molar-refractivity contribution in [2.24, 2.45) is 5.92 Å². The Bertz CT molecular complexity index is 1170. The Balaban J connectivity index is 1.27. The molecule has 2 aliphatic heterocycles. The van der Waals surface area contributed by atoms with E-state index < -0.39 is 0 Å². The number of benzene rings is 2. The molecule has 1 N–H and O–H groups in total. The molecule has 0 aliphatic carbocycles. The van der Waals surface area contributed by atoms with E-state index in [4.69, 9.17) is 0 Å². The predicted octanol–water partition coefficient (Wildman–Crippen LogP) is 4.09. The predicted molar refractivity (Wildman–Crippen MR) is 129 cm³/mol. The van der Waals surface area contributed by atoms with Crippen LogP contribution in [0.4, 0.5) is 5.69 Å². The first-order valence-electron chi connectivity index (χ1n) is 11.8. The Morgan fingerprint density at radius 3 is 2.72 bits per heavy atom. The van der Waals surface area contributed by atoms with Crippen molar-refractivity contribution in [1.82, 2.24) is 14.4 Å². The number of nitrogens with zero attached hydrogens (tertiary/aromatic N) is 3. The molecule has 3 heterocycles. The third kappa shape index (κ3) is 3.77. The van der Waals surface area contributed by atoms with Gasteiger partial charge in [0.15, 0.2) is 0 Å². The van der Waals surface area contributed by atoms with Crippen LogP contribution in [0.3, 0.4) is 0 Å². The molecule has 168 valence electrons. The zero-order valence-corrected chi connectivity index (χ0v) is 19.0. The van der Waals surface area contributed by atoms with Crippen molar-refractivity contribution >= 4 is 39.3 Å². The van der Waals surface area contributed by atoms with E-state index in [1.165, 1.54) is 29.3 Å². The summed E-state index contributed by atoms with van der Waals surface area (Å²) in [6.45, 7) is 5.46. The summed E-state index contributed by atoms with van der Waals surface area (Å²) in [6, 6.07) is 15.1. The molecule has 6 heteroatoms. The second kappa shape index (κ2) is 8.58. The average molecular weight is 433 g/mol. The minimum atomic E-state index is -0.281. The second-order valence-corrected chi connectivity index (χ2v) is 9.29. The van der Waals surface area contributed by atoms with Crippen LogP contribution in [-0.4, -0.2) is 58.9 Å². The molecule has 0 spiro atoms. The maximum Gasteiger partial charge on any atom is 0.229 e. The van der Waals surface area contributed by atoms with Crippen LogP contribution in [0.15, 0.2) is 42.5 Å². The third-order valence-corrected chi connectivity index (χ3v) is 7.35. The van der Waals surface area contributed by atoms with Crippen LogP contribution in [-0.2, 0) is 16.1 Å². The Morgan fingerprint density at radius 1 is 1.12 bits per heavy atom. The normalized spacial score (nSPS) is 21.8. The highest BCUT2D eigenvalue weighted by Crippen LogP contribution is 2.31. The molecule has 6 nitrogen and oxygen atoms in total. The van der Waals surface area contributed by atoms with Crippen molar-refractivity contribution in [1.29, 1.82) is 0 Å². The topological polar surface area (TPSA) is 57.6 Å². The molecule has 0 saturated carbocycles. The van der Waals surface area contributed by atoms with E-state index in [9.17, 15) is 9.59 Å². The van der Waals surface area contributed by atoms with Gasteiger partial charge in [0.05, 0.1) is 5.92 Å². The molecular weight excluding hydrogens is 400 g/mol. The van der Waals surface area contributed by atoms with Gasteiger partial charge in [-0.2, -0.15) is 0 Å². The van der Waals surface area contributed by atoms with Crippen molar-refractivity contribution in [3.63, 3.8) is 0 Å². The molecule has 2 unspecified atom stereocenters. The highest BCUT2D eigenvalue weighted by molar-refractivity contribution is 6.10. The van der Waals surface area contributed by atoms with Crippen LogP contribution < -0.4 is 5.32 Å². The largest absolute Gasteiger partial charge is 0.342 e. The van der Waals surface area contributed by atoms with Crippen LogP contribution in [0.5, 0.6) is 0 Å². The highest BCUT2D eigenvalue weighted by atomic mass is 16.2. The van der Waals surface area contributed by atoms with Crippen LogP contribution in [0.2, 0.25) is 0 Å². The molecule has 2 atom stereocenters. The van der Waals surface area contributed by atoms with Crippen molar-refractivity contribution < 1.29 is 9.59 Å². The van der Waals surface area contributed by atoms with Crippen LogP contribution >= 0.6 is 0 Å². The smallest absolute Gasteiger partial charge is 0.229 e. The number of anilines is 1. The van der Waals surface area contributed by atoms with Crippen molar-refractivity contribution in [2.45, 2.75) is 45.2 Å². The van der Waals surface area contributed by atoms with E-state index in [-0.39, 0.29) is 17.7 Å². The summed E-state index contributed by atoms with van der Waals surface area (Å²) >= 11 is 0. The highest BCUT2D eigenvalue weighted by Gasteiger charge is 2.35. The number of rotatable bonds is 6. The maximum atomic E-state index is 13.0. The van der Waals surface area contributed by atoms with E-state index in [2.05, 4.69) is 65.2 Å². The number of fused-ring (bicyclic) bond motifs is 3. The second-order valence-electron chi connectivity index (χ2n) is 9.29. The van der Waals surface area contributed by atoms with Gasteiger partial charge in [0, 0.05) is 59.6 Å². The van der Waals surface area contributed by atoms with Gasteiger partial charge in [-0.25, -0.2) is 0 Å². The number of hydrogen-bond acceptors (Lipinski definition) is 3. The van der Waals surface area contributed by atoms with E-state index in [0.29, 0.717) is 19.0 Å². The average Bonchev–Trinajstić information content (AvgIpc) is 3.47. The van der Waals surface area contributed by atoms with E-state index in [0.717, 1.165) is 37.1 Å². The summed E-state index contributed by atoms with van der Waals surface area (Å²) in [5.74, 6) is -0.235. The molecule has 1 aromatic heterocycles. The first kappa shape index (κ1) is 21.0. The molecule has 2 fully saturated rings. The summed E-state index contributed by atoms with van der Waals surface area (Å²) in [7, 11) is 2.16. The molecule has 2 saturated heterocycles. The maximum absolute atomic E-state index is 13.0. The number of para-hydroxylation sites is 1. The number of carbonyl (C=O) groups is 2. The number of nitrogens with one attached hydrogen (secondary N) is 1. The lowest BCUT2D eigenvalue weighted by Crippen LogP contribution is -2.33. The zero-order chi connectivity index (χ0) is 22.2. The fourth-order valence-electron chi connectivity index (χ4n) is 5.53. The Labute approximate surface area is 189 Å². The number of aromatic nitrogens is 1. The zero-order valence-electron chi connectivity index (χ0n) is 19.0. The molecule has 0 radical (unpaired) electrons. The Morgan fingerprint density at radius 2 is 1.94 bits per heavy atom. The van der Waals surface area contributed by atoms with Gasteiger partial charge < -0.3 is 19.7 Å². The van der Waals surface area contributed by atoms with Gasteiger partial charge in [-0.1, -0.05) is 18.2 Å². The molecule has 2 amide bonds. The summed E-state index contributed by atoms with van der Waals surface area (Å²) in [6.07, 6.45) is 3.75.